The standard InChI is InChI=1S/C16H19Cl2NO2/c17-13-7-12(8-14(18)9-13)3-6-16(21)19-10-11-1-4-15(20)5-2-11/h3,6-9,11,15,20H,1-2,4-5,10H2,(H,19,21)/b6-3+. The number of benzene rings is 1. The molecule has 0 bridgehead atoms. The summed E-state index contributed by atoms with van der Waals surface area (Å²) in [5.74, 6) is 0.337. The van der Waals surface area contributed by atoms with Crippen LogP contribution in [0.2, 0.25) is 10.0 Å². The fraction of sp³-hybridized carbons (Fsp3) is 0.438. The van der Waals surface area contributed by atoms with Crippen LogP contribution >= 0.6 is 23.2 Å². The number of hydrogen-bond acceptors (Lipinski definition) is 2. The molecule has 1 fully saturated rings. The third-order valence-electron chi connectivity index (χ3n) is 3.69. The number of hydrogen-bond donors (Lipinski definition) is 2. The van der Waals surface area contributed by atoms with E-state index >= 15 is 0 Å². The Morgan fingerprint density at radius 3 is 2.43 bits per heavy atom. The molecular weight excluding hydrogens is 309 g/mol. The summed E-state index contributed by atoms with van der Waals surface area (Å²) in [6.45, 7) is 0.659. The minimum Gasteiger partial charge on any atom is -0.393 e. The molecule has 1 saturated carbocycles. The second-order valence-corrected chi connectivity index (χ2v) is 6.33. The Bertz CT molecular complexity index is 503. The van der Waals surface area contributed by atoms with Crippen LogP contribution < -0.4 is 5.32 Å². The first-order valence-corrected chi connectivity index (χ1v) is 7.88. The molecule has 1 aromatic carbocycles. The molecule has 0 spiro atoms. The van der Waals surface area contributed by atoms with Crippen molar-refractivity contribution in [3.63, 3.8) is 0 Å². The molecule has 2 N–H and O–H groups in total. The van der Waals surface area contributed by atoms with Gasteiger partial charge in [0.25, 0.3) is 0 Å². The van der Waals surface area contributed by atoms with Crippen LogP contribution in [-0.2, 0) is 4.79 Å². The summed E-state index contributed by atoms with van der Waals surface area (Å²) < 4.78 is 0. The summed E-state index contributed by atoms with van der Waals surface area (Å²) in [4.78, 5) is 11.8. The van der Waals surface area contributed by atoms with Crippen molar-refractivity contribution >= 4 is 35.2 Å². The highest BCUT2D eigenvalue weighted by Crippen LogP contribution is 2.23. The van der Waals surface area contributed by atoms with Crippen molar-refractivity contribution in [3.05, 3.63) is 39.9 Å². The fourth-order valence-electron chi connectivity index (χ4n) is 2.50. The predicted octanol–water partition coefficient (Wildman–Crippen LogP) is 3.67. The Balaban J connectivity index is 1.80. The molecule has 1 amide bonds. The number of rotatable bonds is 4. The Labute approximate surface area is 134 Å². The van der Waals surface area contributed by atoms with Crippen LogP contribution in [0.1, 0.15) is 31.2 Å². The molecule has 0 atom stereocenters. The zero-order valence-corrected chi connectivity index (χ0v) is 13.2. The van der Waals surface area contributed by atoms with E-state index in [1.165, 1.54) is 6.08 Å². The number of carbonyl (C=O) groups excluding carboxylic acids is 1. The third-order valence-corrected chi connectivity index (χ3v) is 4.13. The second kappa shape index (κ2) is 7.83. The van der Waals surface area contributed by atoms with Gasteiger partial charge in [-0.15, -0.1) is 0 Å². The monoisotopic (exact) mass is 327 g/mol. The molecule has 0 unspecified atom stereocenters. The number of aliphatic hydroxyl groups excluding tert-OH is 1. The maximum absolute atomic E-state index is 11.8. The second-order valence-electron chi connectivity index (χ2n) is 5.46. The quantitative estimate of drug-likeness (QED) is 0.829. The lowest BCUT2D eigenvalue weighted by atomic mass is 9.87. The van der Waals surface area contributed by atoms with Crippen LogP contribution in [0.3, 0.4) is 0 Å². The number of amides is 1. The first kappa shape index (κ1) is 16.3. The Morgan fingerprint density at radius 1 is 1.19 bits per heavy atom. The van der Waals surface area contributed by atoms with Crippen LogP contribution in [0.5, 0.6) is 0 Å². The van der Waals surface area contributed by atoms with Crippen molar-refractivity contribution in [2.24, 2.45) is 5.92 Å². The van der Waals surface area contributed by atoms with E-state index in [2.05, 4.69) is 5.32 Å². The van der Waals surface area contributed by atoms with Gasteiger partial charge in [-0.1, -0.05) is 23.2 Å². The van der Waals surface area contributed by atoms with E-state index in [0.29, 0.717) is 22.5 Å². The summed E-state index contributed by atoms with van der Waals surface area (Å²) >= 11 is 11.8. The van der Waals surface area contributed by atoms with Crippen molar-refractivity contribution in [2.45, 2.75) is 31.8 Å². The van der Waals surface area contributed by atoms with Crippen molar-refractivity contribution in [3.8, 4) is 0 Å². The van der Waals surface area contributed by atoms with Gasteiger partial charge in [0.1, 0.15) is 0 Å². The van der Waals surface area contributed by atoms with E-state index in [-0.39, 0.29) is 12.0 Å². The summed E-state index contributed by atoms with van der Waals surface area (Å²) in [6, 6.07) is 5.15. The predicted molar refractivity (Wildman–Crippen MR) is 86.5 cm³/mol. The molecule has 114 valence electrons. The molecule has 21 heavy (non-hydrogen) atoms. The number of nitrogens with one attached hydrogen (secondary N) is 1. The van der Waals surface area contributed by atoms with Gasteiger partial charge in [-0.2, -0.15) is 0 Å². The highest BCUT2D eigenvalue weighted by atomic mass is 35.5. The van der Waals surface area contributed by atoms with E-state index in [1.807, 2.05) is 0 Å². The zero-order chi connectivity index (χ0) is 15.2. The molecule has 1 aromatic rings. The van der Waals surface area contributed by atoms with Crippen LogP contribution in [0.15, 0.2) is 24.3 Å². The lowest BCUT2D eigenvalue weighted by Gasteiger charge is -2.25. The third kappa shape index (κ3) is 5.70. The van der Waals surface area contributed by atoms with Gasteiger partial charge in [0.05, 0.1) is 6.10 Å². The van der Waals surface area contributed by atoms with Crippen LogP contribution in [0, 0.1) is 5.92 Å². The van der Waals surface area contributed by atoms with Gasteiger partial charge in [0.15, 0.2) is 0 Å². The van der Waals surface area contributed by atoms with Crippen LogP contribution in [-0.4, -0.2) is 23.7 Å². The van der Waals surface area contributed by atoms with Crippen molar-refractivity contribution < 1.29 is 9.90 Å². The molecule has 0 aromatic heterocycles. The van der Waals surface area contributed by atoms with Crippen molar-refractivity contribution in [2.75, 3.05) is 6.54 Å². The van der Waals surface area contributed by atoms with Gasteiger partial charge in [-0.25, -0.2) is 0 Å². The van der Waals surface area contributed by atoms with Gasteiger partial charge in [0.2, 0.25) is 5.91 Å². The molecule has 0 heterocycles. The van der Waals surface area contributed by atoms with Gasteiger partial charge in [-0.3, -0.25) is 4.79 Å². The topological polar surface area (TPSA) is 49.3 Å². The average Bonchev–Trinajstić information content (AvgIpc) is 2.43. The SMILES string of the molecule is O=C(/C=C/c1cc(Cl)cc(Cl)c1)NCC1CCC(O)CC1. The molecule has 0 radical (unpaired) electrons. The molecule has 3 nitrogen and oxygen atoms in total. The van der Waals surface area contributed by atoms with Crippen LogP contribution in [0.25, 0.3) is 6.08 Å². The minimum absolute atomic E-state index is 0.128. The maximum Gasteiger partial charge on any atom is 0.244 e. The van der Waals surface area contributed by atoms with Crippen molar-refractivity contribution in [1.29, 1.82) is 0 Å². The summed E-state index contributed by atoms with van der Waals surface area (Å²) in [7, 11) is 0. The first-order chi connectivity index (χ1) is 10.0. The minimum atomic E-state index is -0.163. The Morgan fingerprint density at radius 2 is 1.81 bits per heavy atom. The van der Waals surface area contributed by atoms with E-state index in [4.69, 9.17) is 23.2 Å². The molecule has 0 saturated heterocycles. The fourth-order valence-corrected chi connectivity index (χ4v) is 3.04. The molecular formula is C16H19Cl2NO2. The molecule has 2 rings (SSSR count). The van der Waals surface area contributed by atoms with E-state index in [9.17, 15) is 9.90 Å². The summed E-state index contributed by atoms with van der Waals surface area (Å²) in [5, 5.41) is 13.4. The van der Waals surface area contributed by atoms with E-state index < -0.39 is 0 Å². The Hall–Kier alpha value is -1.03. The zero-order valence-electron chi connectivity index (χ0n) is 11.7. The molecule has 5 heteroatoms. The molecule has 0 aliphatic heterocycles. The number of aliphatic hydroxyl groups is 1. The largest absolute Gasteiger partial charge is 0.393 e. The molecule has 1 aliphatic carbocycles. The number of carbonyl (C=O) groups is 1. The van der Waals surface area contributed by atoms with Crippen molar-refractivity contribution in [1.82, 2.24) is 5.32 Å². The number of halogens is 2. The van der Waals surface area contributed by atoms with E-state index in [1.54, 1.807) is 24.3 Å². The van der Waals surface area contributed by atoms with Gasteiger partial charge < -0.3 is 10.4 Å². The molecule has 1 aliphatic rings. The van der Waals surface area contributed by atoms with Gasteiger partial charge in [0, 0.05) is 22.7 Å². The lowest BCUT2D eigenvalue weighted by Crippen LogP contribution is -2.31. The summed E-state index contributed by atoms with van der Waals surface area (Å²) in [5.41, 5.74) is 0.795. The van der Waals surface area contributed by atoms with Gasteiger partial charge in [-0.05, 0) is 61.4 Å². The average molecular weight is 328 g/mol. The maximum atomic E-state index is 11.8. The van der Waals surface area contributed by atoms with E-state index in [0.717, 1.165) is 31.2 Å². The van der Waals surface area contributed by atoms with Gasteiger partial charge >= 0.3 is 0 Å². The normalized spacial score (nSPS) is 22.4. The summed E-state index contributed by atoms with van der Waals surface area (Å²) in [6.07, 6.45) is 6.61. The smallest absolute Gasteiger partial charge is 0.244 e. The highest BCUT2D eigenvalue weighted by Gasteiger charge is 2.19. The first-order valence-electron chi connectivity index (χ1n) is 7.13. The lowest BCUT2D eigenvalue weighted by molar-refractivity contribution is -0.116. The highest BCUT2D eigenvalue weighted by molar-refractivity contribution is 6.34. The Kier molecular flexibility index (Phi) is 6.09. The van der Waals surface area contributed by atoms with Crippen LogP contribution in [0.4, 0.5) is 0 Å².